The van der Waals surface area contributed by atoms with E-state index in [0.29, 0.717) is 6.04 Å². The normalized spacial score (nSPS) is 18.7. The van der Waals surface area contributed by atoms with Crippen molar-refractivity contribution in [1.29, 1.82) is 0 Å². The lowest BCUT2D eigenvalue weighted by molar-refractivity contribution is 0.0368. The van der Waals surface area contributed by atoms with Crippen LogP contribution in [0, 0.1) is 0 Å². The van der Waals surface area contributed by atoms with Crippen LogP contribution in [0.2, 0.25) is 0 Å². The lowest BCUT2D eigenvalue weighted by Gasteiger charge is -2.29. The van der Waals surface area contributed by atoms with Gasteiger partial charge in [0.05, 0.1) is 25.1 Å². The van der Waals surface area contributed by atoms with Gasteiger partial charge in [-0.25, -0.2) is 9.50 Å². The van der Waals surface area contributed by atoms with Gasteiger partial charge in [0.2, 0.25) is 10.1 Å². The molecule has 0 radical (unpaired) electrons. The summed E-state index contributed by atoms with van der Waals surface area (Å²) in [7, 11) is 0. The summed E-state index contributed by atoms with van der Waals surface area (Å²) in [5.41, 5.74) is 1.14. The highest BCUT2D eigenvalue weighted by atomic mass is 32.1. The van der Waals surface area contributed by atoms with Gasteiger partial charge in [-0.1, -0.05) is 32.1 Å². The fraction of sp³-hybridized carbons (Fsp3) is 0.733. The third-order valence-corrected chi connectivity index (χ3v) is 4.67. The summed E-state index contributed by atoms with van der Waals surface area (Å²) in [6, 6.07) is 0.357. The number of aromatic nitrogens is 3. The average molecular weight is 323 g/mol. The lowest BCUT2D eigenvalue weighted by Crippen LogP contribution is -2.42. The minimum atomic E-state index is 0.0602. The van der Waals surface area contributed by atoms with Crippen molar-refractivity contribution in [1.82, 2.24) is 19.5 Å². The van der Waals surface area contributed by atoms with E-state index < -0.39 is 0 Å². The van der Waals surface area contributed by atoms with Crippen LogP contribution in [0.3, 0.4) is 0 Å². The number of imidazole rings is 1. The molecular weight excluding hydrogens is 298 g/mol. The maximum Gasteiger partial charge on any atom is 0.214 e. The first kappa shape index (κ1) is 15.7. The Bertz CT molecular complexity index is 592. The Morgan fingerprint density at radius 2 is 2.09 bits per heavy atom. The van der Waals surface area contributed by atoms with Gasteiger partial charge in [0.1, 0.15) is 0 Å². The van der Waals surface area contributed by atoms with Crippen molar-refractivity contribution in [3.05, 3.63) is 11.9 Å². The predicted octanol–water partition coefficient (Wildman–Crippen LogP) is 2.22. The van der Waals surface area contributed by atoms with Gasteiger partial charge >= 0.3 is 0 Å². The number of hydrogen-bond donors (Lipinski definition) is 1. The minimum absolute atomic E-state index is 0.0602. The zero-order valence-corrected chi connectivity index (χ0v) is 14.6. The van der Waals surface area contributed by atoms with E-state index >= 15 is 0 Å². The van der Waals surface area contributed by atoms with Gasteiger partial charge in [0, 0.05) is 31.1 Å². The van der Waals surface area contributed by atoms with Gasteiger partial charge in [-0.15, -0.1) is 5.10 Å². The van der Waals surface area contributed by atoms with Crippen molar-refractivity contribution in [3.63, 3.8) is 0 Å². The first-order valence-corrected chi connectivity index (χ1v) is 8.67. The summed E-state index contributed by atoms with van der Waals surface area (Å²) in [6.45, 7) is 13.4. The molecule has 0 saturated carbocycles. The summed E-state index contributed by atoms with van der Waals surface area (Å²) in [5.74, 6) is 0. The summed E-state index contributed by atoms with van der Waals surface area (Å²) >= 11 is 1.61. The summed E-state index contributed by atoms with van der Waals surface area (Å²) < 4.78 is 7.27. The highest BCUT2D eigenvalue weighted by Gasteiger charge is 2.20. The van der Waals surface area contributed by atoms with Crippen LogP contribution in [-0.2, 0) is 10.2 Å². The molecule has 1 N–H and O–H groups in total. The molecule has 1 aliphatic heterocycles. The second-order valence-electron chi connectivity index (χ2n) is 6.97. The quantitative estimate of drug-likeness (QED) is 0.935. The first-order valence-electron chi connectivity index (χ1n) is 7.85. The van der Waals surface area contributed by atoms with Crippen molar-refractivity contribution >= 4 is 21.4 Å². The van der Waals surface area contributed by atoms with Crippen molar-refractivity contribution in [2.45, 2.75) is 39.2 Å². The van der Waals surface area contributed by atoms with Crippen molar-refractivity contribution < 1.29 is 4.74 Å². The number of ether oxygens (including phenoxy) is 1. The summed E-state index contributed by atoms with van der Waals surface area (Å²) in [5, 5.41) is 9.02. The number of nitrogens with zero attached hydrogens (tertiary/aromatic N) is 4. The zero-order valence-electron chi connectivity index (χ0n) is 13.8. The molecule has 0 bridgehead atoms. The van der Waals surface area contributed by atoms with Crippen LogP contribution in [0.4, 0.5) is 5.13 Å². The van der Waals surface area contributed by atoms with Crippen LogP contribution >= 0.6 is 11.3 Å². The molecule has 1 aliphatic rings. The van der Waals surface area contributed by atoms with E-state index in [1.165, 1.54) is 0 Å². The van der Waals surface area contributed by atoms with Crippen LogP contribution in [0.1, 0.15) is 33.4 Å². The molecule has 1 saturated heterocycles. The van der Waals surface area contributed by atoms with E-state index in [-0.39, 0.29) is 5.41 Å². The van der Waals surface area contributed by atoms with Crippen molar-refractivity contribution in [2.75, 3.05) is 38.2 Å². The molecule has 1 fully saturated rings. The molecule has 0 amide bonds. The molecule has 1 atom stereocenters. The van der Waals surface area contributed by atoms with Gasteiger partial charge in [0.15, 0.2) is 0 Å². The van der Waals surface area contributed by atoms with Gasteiger partial charge in [-0.2, -0.15) is 0 Å². The average Bonchev–Trinajstić information content (AvgIpc) is 2.97. The predicted molar refractivity (Wildman–Crippen MR) is 89.9 cm³/mol. The molecule has 0 aliphatic carbocycles. The highest BCUT2D eigenvalue weighted by Crippen LogP contribution is 2.25. The Morgan fingerprint density at radius 3 is 2.73 bits per heavy atom. The molecule has 7 heteroatoms. The highest BCUT2D eigenvalue weighted by molar-refractivity contribution is 7.20. The largest absolute Gasteiger partial charge is 0.379 e. The fourth-order valence-corrected chi connectivity index (χ4v) is 3.44. The summed E-state index contributed by atoms with van der Waals surface area (Å²) in [4.78, 5) is 8.06. The number of anilines is 1. The molecular formula is C15H25N5OS. The maximum absolute atomic E-state index is 5.38. The van der Waals surface area contributed by atoms with E-state index in [9.17, 15) is 0 Å². The Hall–Kier alpha value is -1.18. The van der Waals surface area contributed by atoms with Crippen LogP contribution in [0.25, 0.3) is 4.96 Å². The minimum Gasteiger partial charge on any atom is -0.379 e. The Labute approximate surface area is 135 Å². The van der Waals surface area contributed by atoms with Crippen LogP contribution in [-0.4, -0.2) is 58.4 Å². The molecule has 0 unspecified atom stereocenters. The number of nitrogens with one attached hydrogen (secondary N) is 1. The molecule has 2 aromatic rings. The third kappa shape index (κ3) is 3.59. The molecule has 2 aromatic heterocycles. The SMILES string of the molecule is C[C@@H](CN1CCOCC1)Nc1nn2cc(C(C)(C)C)nc2s1. The van der Waals surface area contributed by atoms with E-state index in [0.717, 1.165) is 48.6 Å². The van der Waals surface area contributed by atoms with E-state index in [4.69, 9.17) is 4.74 Å². The van der Waals surface area contributed by atoms with Gasteiger partial charge < -0.3 is 10.1 Å². The Kier molecular flexibility index (Phi) is 4.38. The molecule has 0 aromatic carbocycles. The second-order valence-corrected chi connectivity index (χ2v) is 7.92. The molecule has 122 valence electrons. The molecule has 3 rings (SSSR count). The smallest absolute Gasteiger partial charge is 0.214 e. The van der Waals surface area contributed by atoms with Crippen LogP contribution in [0.5, 0.6) is 0 Å². The number of fused-ring (bicyclic) bond motifs is 1. The van der Waals surface area contributed by atoms with E-state index in [2.05, 4.69) is 48.0 Å². The standard InChI is InChI=1S/C15H25N5OS/c1-11(9-19-5-7-21-8-6-19)16-13-18-20-10-12(15(2,3)4)17-14(20)22-13/h10-11H,5-9H2,1-4H3,(H,16,18)/t11-/m0/s1. The van der Waals surface area contributed by atoms with Crippen molar-refractivity contribution in [3.8, 4) is 0 Å². The van der Waals surface area contributed by atoms with Crippen LogP contribution < -0.4 is 5.32 Å². The monoisotopic (exact) mass is 323 g/mol. The zero-order chi connectivity index (χ0) is 15.7. The molecule has 0 spiro atoms. The fourth-order valence-electron chi connectivity index (χ4n) is 2.55. The molecule has 6 nitrogen and oxygen atoms in total. The van der Waals surface area contributed by atoms with Gasteiger partial charge in [-0.05, 0) is 6.92 Å². The topological polar surface area (TPSA) is 54.7 Å². The third-order valence-electron chi connectivity index (χ3n) is 3.82. The summed E-state index contributed by atoms with van der Waals surface area (Å²) in [6.07, 6.45) is 2.03. The van der Waals surface area contributed by atoms with E-state index in [1.54, 1.807) is 11.3 Å². The van der Waals surface area contributed by atoms with Gasteiger partial charge in [-0.3, -0.25) is 4.90 Å². The number of rotatable bonds is 4. The maximum atomic E-state index is 5.38. The lowest BCUT2D eigenvalue weighted by atomic mass is 9.93. The number of hydrogen-bond acceptors (Lipinski definition) is 6. The van der Waals surface area contributed by atoms with Crippen molar-refractivity contribution in [2.24, 2.45) is 0 Å². The second kappa shape index (κ2) is 6.14. The van der Waals surface area contributed by atoms with Gasteiger partial charge in [0.25, 0.3) is 0 Å². The Balaban J connectivity index is 1.62. The molecule has 22 heavy (non-hydrogen) atoms. The number of morpholine rings is 1. The van der Waals surface area contributed by atoms with E-state index in [1.807, 2.05) is 10.7 Å². The van der Waals surface area contributed by atoms with Crippen LogP contribution in [0.15, 0.2) is 6.20 Å². The first-order chi connectivity index (χ1) is 10.4. The molecule has 3 heterocycles. The Morgan fingerprint density at radius 1 is 1.36 bits per heavy atom.